The van der Waals surface area contributed by atoms with Crippen molar-refractivity contribution in [1.82, 2.24) is 0 Å². The van der Waals surface area contributed by atoms with Crippen LogP contribution in [0.5, 0.6) is 0 Å². The number of aryl methyl sites for hydroxylation is 1. The van der Waals surface area contributed by atoms with E-state index in [1.807, 2.05) is 24.3 Å². The zero-order chi connectivity index (χ0) is 19.2. The van der Waals surface area contributed by atoms with Crippen LogP contribution in [0.2, 0.25) is 5.02 Å². The fraction of sp³-hybridized carbons (Fsp3) is 0.316. The molecule has 2 aromatic rings. The van der Waals surface area contributed by atoms with E-state index in [0.717, 1.165) is 18.4 Å². The molecule has 5 nitrogen and oxygen atoms in total. The van der Waals surface area contributed by atoms with E-state index in [2.05, 4.69) is 12.2 Å². The van der Waals surface area contributed by atoms with Gasteiger partial charge in [0.25, 0.3) is 0 Å². The molecule has 0 heterocycles. The van der Waals surface area contributed by atoms with Gasteiger partial charge in [-0.1, -0.05) is 30.7 Å². The average Bonchev–Trinajstić information content (AvgIpc) is 2.59. The number of hydrogen-bond acceptors (Lipinski definition) is 3. The first kappa shape index (κ1) is 20.3. The lowest BCUT2D eigenvalue weighted by atomic mass is 10.1. The summed E-state index contributed by atoms with van der Waals surface area (Å²) in [6.07, 6.45) is 2.74. The van der Waals surface area contributed by atoms with E-state index in [1.165, 1.54) is 9.87 Å². The summed E-state index contributed by atoms with van der Waals surface area (Å²) in [7, 11) is -3.44. The summed E-state index contributed by atoms with van der Waals surface area (Å²) >= 11 is 5.85. The highest BCUT2D eigenvalue weighted by Crippen LogP contribution is 2.21. The second-order valence-electron chi connectivity index (χ2n) is 6.01. The number of nitrogens with one attached hydrogen (secondary N) is 1. The Kier molecular flexibility index (Phi) is 7.06. The fourth-order valence-corrected chi connectivity index (χ4v) is 3.62. The van der Waals surface area contributed by atoms with Gasteiger partial charge in [-0.2, -0.15) is 0 Å². The van der Waals surface area contributed by atoms with Gasteiger partial charge >= 0.3 is 0 Å². The smallest absolute Gasteiger partial charge is 0.232 e. The maximum absolute atomic E-state index is 12.1. The summed E-state index contributed by atoms with van der Waals surface area (Å²) in [4.78, 5) is 12.1. The number of nitrogens with zero attached hydrogens (tertiary/aromatic N) is 1. The summed E-state index contributed by atoms with van der Waals surface area (Å²) in [6, 6.07) is 14.3. The Morgan fingerprint density at radius 3 is 2.23 bits per heavy atom. The number of rotatable bonds is 8. The summed E-state index contributed by atoms with van der Waals surface area (Å²) < 4.78 is 25.4. The first-order valence-corrected chi connectivity index (χ1v) is 10.6. The van der Waals surface area contributed by atoms with Gasteiger partial charge in [0.1, 0.15) is 0 Å². The molecule has 0 bridgehead atoms. The molecule has 0 atom stereocenters. The van der Waals surface area contributed by atoms with E-state index < -0.39 is 10.0 Å². The van der Waals surface area contributed by atoms with Crippen molar-refractivity contribution in [3.63, 3.8) is 0 Å². The lowest BCUT2D eigenvalue weighted by Gasteiger charge is -2.22. The number of hydrogen-bond donors (Lipinski definition) is 1. The third-order valence-corrected chi connectivity index (χ3v) is 5.37. The van der Waals surface area contributed by atoms with Crippen LogP contribution in [0.25, 0.3) is 0 Å². The second-order valence-corrected chi connectivity index (χ2v) is 8.36. The summed E-state index contributed by atoms with van der Waals surface area (Å²) in [5.74, 6) is -0.140. The molecule has 0 aliphatic carbocycles. The molecular formula is C19H23ClN2O3S. The Hall–Kier alpha value is -2.05. The number of sulfonamides is 1. The van der Waals surface area contributed by atoms with Crippen LogP contribution in [-0.2, 0) is 21.2 Å². The molecule has 0 aromatic heterocycles. The number of carbonyl (C=O) groups is 1. The monoisotopic (exact) mass is 394 g/mol. The van der Waals surface area contributed by atoms with Crippen molar-refractivity contribution in [1.29, 1.82) is 0 Å². The highest BCUT2D eigenvalue weighted by Gasteiger charge is 2.17. The van der Waals surface area contributed by atoms with E-state index in [9.17, 15) is 13.2 Å². The standard InChI is InChI=1S/C19H23ClN2O3S/c1-3-15-6-10-17(11-7-15)21-19(23)5-4-14-22(26(2,24)25)18-12-8-16(20)9-13-18/h6-13H,3-5,14H2,1-2H3,(H,21,23). The third kappa shape index (κ3) is 6.04. The van der Waals surface area contributed by atoms with E-state index in [0.29, 0.717) is 17.1 Å². The number of benzene rings is 2. The zero-order valence-corrected chi connectivity index (χ0v) is 16.5. The van der Waals surface area contributed by atoms with Crippen molar-refractivity contribution in [3.8, 4) is 0 Å². The van der Waals surface area contributed by atoms with Gasteiger partial charge in [-0.25, -0.2) is 8.42 Å². The van der Waals surface area contributed by atoms with Crippen molar-refractivity contribution >= 4 is 38.9 Å². The Morgan fingerprint density at radius 2 is 1.69 bits per heavy atom. The Morgan fingerprint density at radius 1 is 1.08 bits per heavy atom. The van der Waals surface area contributed by atoms with Gasteiger partial charge in [0.05, 0.1) is 11.9 Å². The van der Waals surface area contributed by atoms with Gasteiger partial charge in [0.15, 0.2) is 0 Å². The molecule has 0 saturated carbocycles. The Bertz CT molecular complexity index is 834. The summed E-state index contributed by atoms with van der Waals surface area (Å²) in [5.41, 5.74) is 2.48. The normalized spacial score (nSPS) is 11.2. The summed E-state index contributed by atoms with van der Waals surface area (Å²) in [5, 5.41) is 3.37. The lowest BCUT2D eigenvalue weighted by molar-refractivity contribution is -0.116. The molecule has 7 heteroatoms. The van der Waals surface area contributed by atoms with Crippen LogP contribution in [-0.4, -0.2) is 27.1 Å². The minimum Gasteiger partial charge on any atom is -0.326 e. The summed E-state index contributed by atoms with van der Waals surface area (Å²) in [6.45, 7) is 2.30. The van der Waals surface area contributed by atoms with Gasteiger partial charge in [-0.3, -0.25) is 9.10 Å². The minimum absolute atomic E-state index is 0.140. The van der Waals surface area contributed by atoms with Gasteiger partial charge < -0.3 is 5.32 Å². The fourth-order valence-electron chi connectivity index (χ4n) is 2.52. The van der Waals surface area contributed by atoms with Crippen LogP contribution < -0.4 is 9.62 Å². The molecule has 1 N–H and O–H groups in total. The van der Waals surface area contributed by atoms with Gasteiger partial charge in [0, 0.05) is 23.7 Å². The third-order valence-electron chi connectivity index (χ3n) is 3.93. The Labute approximate surface area is 160 Å². The molecule has 0 radical (unpaired) electrons. The van der Waals surface area contributed by atoms with Gasteiger partial charge in [0.2, 0.25) is 15.9 Å². The molecule has 1 amide bonds. The molecule has 140 valence electrons. The molecule has 0 aliphatic rings. The van der Waals surface area contributed by atoms with E-state index >= 15 is 0 Å². The van der Waals surface area contributed by atoms with Crippen LogP contribution in [0.3, 0.4) is 0 Å². The molecule has 0 saturated heterocycles. The van der Waals surface area contributed by atoms with E-state index in [1.54, 1.807) is 24.3 Å². The molecular weight excluding hydrogens is 372 g/mol. The molecule has 0 unspecified atom stereocenters. The Balaban J connectivity index is 1.92. The van der Waals surface area contributed by atoms with Gasteiger partial charge in [-0.15, -0.1) is 0 Å². The van der Waals surface area contributed by atoms with Crippen LogP contribution in [0.1, 0.15) is 25.3 Å². The first-order valence-electron chi connectivity index (χ1n) is 8.41. The molecule has 26 heavy (non-hydrogen) atoms. The molecule has 0 spiro atoms. The van der Waals surface area contributed by atoms with Crippen LogP contribution in [0.4, 0.5) is 11.4 Å². The average molecular weight is 395 g/mol. The molecule has 0 aliphatic heterocycles. The maximum atomic E-state index is 12.1. The largest absolute Gasteiger partial charge is 0.326 e. The quantitative estimate of drug-likeness (QED) is 0.733. The zero-order valence-electron chi connectivity index (χ0n) is 14.9. The molecule has 2 aromatic carbocycles. The minimum atomic E-state index is -3.44. The van der Waals surface area contributed by atoms with Crippen molar-refractivity contribution in [2.45, 2.75) is 26.2 Å². The number of carbonyl (C=O) groups excluding carboxylic acids is 1. The van der Waals surface area contributed by atoms with Crippen molar-refractivity contribution < 1.29 is 13.2 Å². The predicted molar refractivity (Wildman–Crippen MR) is 107 cm³/mol. The SMILES string of the molecule is CCc1ccc(NC(=O)CCCN(c2ccc(Cl)cc2)S(C)(=O)=O)cc1. The lowest BCUT2D eigenvalue weighted by Crippen LogP contribution is -2.31. The predicted octanol–water partition coefficient (Wildman–Crippen LogP) is 4.09. The van der Waals surface area contributed by atoms with Crippen LogP contribution in [0.15, 0.2) is 48.5 Å². The van der Waals surface area contributed by atoms with Gasteiger partial charge in [-0.05, 0) is 54.8 Å². The highest BCUT2D eigenvalue weighted by molar-refractivity contribution is 7.92. The number of halogens is 1. The van der Waals surface area contributed by atoms with Crippen LogP contribution in [0, 0.1) is 0 Å². The topological polar surface area (TPSA) is 66.5 Å². The maximum Gasteiger partial charge on any atom is 0.232 e. The molecule has 0 fully saturated rings. The number of amides is 1. The second kappa shape index (κ2) is 9.05. The van der Waals surface area contributed by atoms with Crippen LogP contribution >= 0.6 is 11.6 Å². The first-order chi connectivity index (χ1) is 12.3. The highest BCUT2D eigenvalue weighted by atomic mass is 35.5. The molecule has 2 rings (SSSR count). The van der Waals surface area contributed by atoms with Crippen molar-refractivity contribution in [3.05, 3.63) is 59.1 Å². The van der Waals surface area contributed by atoms with Crippen molar-refractivity contribution in [2.24, 2.45) is 0 Å². The van der Waals surface area contributed by atoms with Crippen molar-refractivity contribution in [2.75, 3.05) is 22.4 Å². The van der Waals surface area contributed by atoms with E-state index in [-0.39, 0.29) is 18.9 Å². The number of anilines is 2. The van der Waals surface area contributed by atoms with E-state index in [4.69, 9.17) is 11.6 Å².